The Hall–Kier alpha value is -1.70. The average molecular weight is 260 g/mol. The number of hydrogen-bond acceptors (Lipinski definition) is 2. The van der Waals surface area contributed by atoms with Gasteiger partial charge in [-0.25, -0.2) is 0 Å². The van der Waals surface area contributed by atoms with Gasteiger partial charge in [-0.15, -0.1) is 0 Å². The zero-order valence-corrected chi connectivity index (χ0v) is 12.6. The van der Waals surface area contributed by atoms with Gasteiger partial charge in [-0.1, -0.05) is 48.6 Å². The molecule has 0 atom stereocenters. The molecule has 0 aromatic rings. The van der Waals surface area contributed by atoms with Gasteiger partial charge in [0.1, 0.15) is 11.6 Å². The van der Waals surface area contributed by atoms with Crippen molar-refractivity contribution in [2.75, 3.05) is 0 Å². The zero-order chi connectivity index (χ0) is 15.4. The van der Waals surface area contributed by atoms with E-state index in [1.54, 1.807) is 0 Å². The summed E-state index contributed by atoms with van der Waals surface area (Å²) in [6.07, 6.45) is 0.582. The van der Waals surface area contributed by atoms with Crippen LogP contribution in [0.4, 0.5) is 0 Å². The molecule has 0 aliphatic rings. The van der Waals surface area contributed by atoms with E-state index in [2.05, 4.69) is 26.3 Å². The first kappa shape index (κ1) is 17.3. The summed E-state index contributed by atoms with van der Waals surface area (Å²) in [5.74, 6) is -0.324. The van der Waals surface area contributed by atoms with E-state index in [9.17, 15) is 9.59 Å². The number of hydrogen-bond donors (Lipinski definition) is 0. The van der Waals surface area contributed by atoms with E-state index < -0.39 is 5.41 Å². The summed E-state index contributed by atoms with van der Waals surface area (Å²) in [7, 11) is 0. The fourth-order valence-corrected chi connectivity index (χ4v) is 1.84. The predicted octanol–water partition coefficient (Wildman–Crippen LogP) is 4.20. The lowest BCUT2D eigenvalue weighted by molar-refractivity contribution is -0.138. The molecule has 2 heteroatoms. The van der Waals surface area contributed by atoms with Crippen molar-refractivity contribution in [2.45, 2.75) is 40.5 Å². The minimum atomic E-state index is -1.09. The molecule has 0 fully saturated rings. The van der Waals surface area contributed by atoms with Gasteiger partial charge < -0.3 is 0 Å². The van der Waals surface area contributed by atoms with Gasteiger partial charge in [0, 0.05) is 0 Å². The molecule has 0 saturated carbocycles. The number of Topliss-reactive ketones (excluding diaryl/α,β-unsaturated/α-hetero) is 2. The fourth-order valence-electron chi connectivity index (χ4n) is 1.84. The van der Waals surface area contributed by atoms with Gasteiger partial charge in [0.2, 0.25) is 0 Å². The summed E-state index contributed by atoms with van der Waals surface area (Å²) in [4.78, 5) is 24.1. The van der Waals surface area contributed by atoms with Gasteiger partial charge in [-0.2, -0.15) is 0 Å². The molecule has 0 aromatic heterocycles. The van der Waals surface area contributed by atoms with Crippen LogP contribution >= 0.6 is 0 Å². The Kier molecular flexibility index (Phi) is 5.88. The van der Waals surface area contributed by atoms with Crippen LogP contribution < -0.4 is 0 Å². The highest BCUT2D eigenvalue weighted by Crippen LogP contribution is 2.37. The number of allylic oxidation sites excluding steroid dienone is 4. The molecule has 0 amide bonds. The monoisotopic (exact) mass is 260 g/mol. The first-order valence-electron chi connectivity index (χ1n) is 6.24. The third kappa shape index (κ3) is 4.16. The molecule has 0 rings (SSSR count). The second-order valence-corrected chi connectivity index (χ2v) is 5.32. The summed E-state index contributed by atoms with van der Waals surface area (Å²) < 4.78 is 0. The molecule has 0 spiro atoms. The first-order chi connectivity index (χ1) is 8.54. The van der Waals surface area contributed by atoms with Crippen LogP contribution in [0.5, 0.6) is 0 Å². The van der Waals surface area contributed by atoms with E-state index >= 15 is 0 Å². The van der Waals surface area contributed by atoms with Crippen molar-refractivity contribution >= 4 is 11.6 Å². The molecule has 0 aliphatic carbocycles. The SMILES string of the molecule is C=C(C)C(=C)CC(CC(=C)C(=C)C)(C(C)=O)C(C)=O. The van der Waals surface area contributed by atoms with E-state index in [1.165, 1.54) is 13.8 Å². The van der Waals surface area contributed by atoms with Gasteiger partial charge >= 0.3 is 0 Å². The Balaban J connectivity index is 5.57. The van der Waals surface area contributed by atoms with Crippen molar-refractivity contribution in [1.29, 1.82) is 0 Å². The Morgan fingerprint density at radius 3 is 1.16 bits per heavy atom. The van der Waals surface area contributed by atoms with Crippen LogP contribution in [-0.2, 0) is 9.59 Å². The normalized spacial score (nSPS) is 10.7. The van der Waals surface area contributed by atoms with Crippen molar-refractivity contribution in [2.24, 2.45) is 5.41 Å². The highest BCUT2D eigenvalue weighted by molar-refractivity contribution is 6.05. The topological polar surface area (TPSA) is 34.1 Å². The van der Waals surface area contributed by atoms with E-state index in [0.29, 0.717) is 12.8 Å². The van der Waals surface area contributed by atoms with Crippen LogP contribution in [0.15, 0.2) is 48.6 Å². The van der Waals surface area contributed by atoms with Gasteiger partial charge in [0.25, 0.3) is 0 Å². The standard InChI is InChI=1S/C17H24O2/c1-11(2)13(5)9-17(15(7)18,16(8)19)10-14(6)12(3)4/h1,3,5-6,9-10H2,2,4,7-8H3. The first-order valence-corrected chi connectivity index (χ1v) is 6.24. The summed E-state index contributed by atoms with van der Waals surface area (Å²) in [6.45, 7) is 21.9. The van der Waals surface area contributed by atoms with Crippen LogP contribution in [0, 0.1) is 5.41 Å². The molecule has 0 bridgehead atoms. The lowest BCUT2D eigenvalue weighted by Crippen LogP contribution is -2.37. The van der Waals surface area contributed by atoms with Crippen LogP contribution in [0.3, 0.4) is 0 Å². The van der Waals surface area contributed by atoms with Gasteiger partial charge in [-0.05, 0) is 40.5 Å². The maximum atomic E-state index is 12.1. The third-order valence-electron chi connectivity index (χ3n) is 3.59. The Labute approximate surface area is 116 Å². The second kappa shape index (κ2) is 6.46. The molecule has 19 heavy (non-hydrogen) atoms. The van der Waals surface area contributed by atoms with Crippen molar-refractivity contribution in [3.05, 3.63) is 48.6 Å². The van der Waals surface area contributed by atoms with E-state index in [4.69, 9.17) is 0 Å². The smallest absolute Gasteiger partial charge is 0.144 e. The number of carbonyl (C=O) groups is 2. The minimum Gasteiger partial charge on any atom is -0.299 e. The van der Waals surface area contributed by atoms with Crippen LogP contribution in [0.1, 0.15) is 40.5 Å². The largest absolute Gasteiger partial charge is 0.299 e. The summed E-state index contributed by atoms with van der Waals surface area (Å²) >= 11 is 0. The third-order valence-corrected chi connectivity index (χ3v) is 3.59. The van der Waals surface area contributed by atoms with Gasteiger partial charge in [-0.3, -0.25) is 9.59 Å². The Bertz CT molecular complexity index is 420. The molecular formula is C17H24O2. The lowest BCUT2D eigenvalue weighted by Gasteiger charge is -2.30. The van der Waals surface area contributed by atoms with E-state index in [-0.39, 0.29) is 11.6 Å². The summed E-state index contributed by atoms with van der Waals surface area (Å²) in [6, 6.07) is 0. The fraction of sp³-hybridized carbons (Fsp3) is 0.412. The maximum absolute atomic E-state index is 12.1. The molecular weight excluding hydrogens is 236 g/mol. The Morgan fingerprint density at radius 2 is 1.00 bits per heavy atom. The van der Waals surface area contributed by atoms with Crippen molar-refractivity contribution in [3.8, 4) is 0 Å². The summed E-state index contributed by atoms with van der Waals surface area (Å²) in [5, 5.41) is 0. The number of carbonyl (C=O) groups excluding carboxylic acids is 2. The second-order valence-electron chi connectivity index (χ2n) is 5.32. The van der Waals surface area contributed by atoms with Crippen LogP contribution in [0.25, 0.3) is 0 Å². The molecule has 0 aliphatic heterocycles. The molecule has 0 saturated heterocycles. The maximum Gasteiger partial charge on any atom is 0.144 e. The Morgan fingerprint density at radius 1 is 0.737 bits per heavy atom. The molecule has 104 valence electrons. The van der Waals surface area contributed by atoms with Crippen LogP contribution in [-0.4, -0.2) is 11.6 Å². The van der Waals surface area contributed by atoms with E-state index in [0.717, 1.165) is 22.3 Å². The quantitative estimate of drug-likeness (QED) is 0.484. The molecule has 2 nitrogen and oxygen atoms in total. The number of ketones is 2. The van der Waals surface area contributed by atoms with E-state index in [1.807, 2.05) is 13.8 Å². The molecule has 0 heterocycles. The summed E-state index contributed by atoms with van der Waals surface area (Å²) in [5.41, 5.74) is 1.92. The van der Waals surface area contributed by atoms with Crippen molar-refractivity contribution in [3.63, 3.8) is 0 Å². The molecule has 0 radical (unpaired) electrons. The molecule has 0 N–H and O–H groups in total. The van der Waals surface area contributed by atoms with Crippen molar-refractivity contribution < 1.29 is 9.59 Å². The molecule has 0 aromatic carbocycles. The average Bonchev–Trinajstić information content (AvgIpc) is 2.26. The van der Waals surface area contributed by atoms with Gasteiger partial charge in [0.05, 0.1) is 5.41 Å². The van der Waals surface area contributed by atoms with Crippen molar-refractivity contribution in [1.82, 2.24) is 0 Å². The van der Waals surface area contributed by atoms with Gasteiger partial charge in [0.15, 0.2) is 0 Å². The molecule has 0 unspecified atom stereocenters. The number of rotatable bonds is 8. The predicted molar refractivity (Wildman–Crippen MR) is 80.9 cm³/mol. The highest BCUT2D eigenvalue weighted by atomic mass is 16.2. The lowest BCUT2D eigenvalue weighted by atomic mass is 9.69. The van der Waals surface area contributed by atoms with Crippen LogP contribution in [0.2, 0.25) is 0 Å². The highest BCUT2D eigenvalue weighted by Gasteiger charge is 2.41. The minimum absolute atomic E-state index is 0.162. The zero-order valence-electron chi connectivity index (χ0n) is 12.6.